The van der Waals surface area contributed by atoms with Crippen LogP contribution in [0.3, 0.4) is 0 Å². The first-order chi connectivity index (χ1) is 14.9. The number of allylic oxidation sites excluding steroid dienone is 4. The molecule has 2 unspecified atom stereocenters. The third-order valence-electron chi connectivity index (χ3n) is 4.67. The van der Waals surface area contributed by atoms with Crippen molar-refractivity contribution in [2.24, 2.45) is 5.73 Å². The Labute approximate surface area is 182 Å². The molecule has 1 aliphatic rings. The molecule has 1 aromatic rings. The number of nitrogens with zero attached hydrogens (tertiary/aromatic N) is 1. The molecular formula is C20H24F3N5O4. The summed E-state index contributed by atoms with van der Waals surface area (Å²) in [4.78, 5) is 16.1. The van der Waals surface area contributed by atoms with Crippen LogP contribution >= 0.6 is 0 Å². The van der Waals surface area contributed by atoms with Gasteiger partial charge in [-0.25, -0.2) is 0 Å². The number of rotatable bonds is 8. The Balaban J connectivity index is 2.30. The summed E-state index contributed by atoms with van der Waals surface area (Å²) < 4.78 is 44.8. The minimum absolute atomic E-state index is 0.0757. The molecule has 9 nitrogen and oxygen atoms in total. The minimum atomic E-state index is -4.64. The van der Waals surface area contributed by atoms with E-state index in [1.807, 2.05) is 0 Å². The first-order valence-electron chi connectivity index (χ1n) is 9.34. The molecular weight excluding hydrogens is 431 g/mol. The van der Waals surface area contributed by atoms with Crippen LogP contribution in [0.4, 0.5) is 13.2 Å². The van der Waals surface area contributed by atoms with E-state index in [9.17, 15) is 28.2 Å². The number of likely N-dealkylation sites (N-methyl/N-ethyl adjacent to an activating group) is 1. The molecule has 1 aliphatic carbocycles. The molecule has 7 N–H and O–H groups in total. The number of aromatic nitrogens is 1. The van der Waals surface area contributed by atoms with E-state index in [0.29, 0.717) is 0 Å². The van der Waals surface area contributed by atoms with E-state index in [1.165, 1.54) is 44.3 Å². The molecule has 12 heteroatoms. The first kappa shape index (κ1) is 25.0. The van der Waals surface area contributed by atoms with Crippen LogP contribution in [0.25, 0.3) is 0 Å². The Morgan fingerprint density at radius 3 is 2.62 bits per heavy atom. The summed E-state index contributed by atoms with van der Waals surface area (Å²) in [5.41, 5.74) is 2.52. The number of aliphatic hydroxyl groups excluding tert-OH is 2. The summed E-state index contributed by atoms with van der Waals surface area (Å²) >= 11 is 0. The molecule has 0 spiro atoms. The topological polar surface area (TPSA) is 154 Å². The van der Waals surface area contributed by atoms with Crippen LogP contribution in [0.15, 0.2) is 53.6 Å². The fourth-order valence-electron chi connectivity index (χ4n) is 2.69. The zero-order chi connectivity index (χ0) is 24.1. The van der Waals surface area contributed by atoms with Crippen LogP contribution in [0.1, 0.15) is 18.2 Å². The Morgan fingerprint density at radius 1 is 1.38 bits per heavy atom. The summed E-state index contributed by atoms with van der Waals surface area (Å²) in [7, 11) is 1.42. The number of amides is 1. The second-order valence-electron chi connectivity index (χ2n) is 7.10. The number of pyridine rings is 1. The van der Waals surface area contributed by atoms with Gasteiger partial charge in [-0.2, -0.15) is 13.2 Å². The van der Waals surface area contributed by atoms with Gasteiger partial charge in [-0.05, 0) is 31.2 Å². The number of carbonyl (C=O) groups excluding carboxylic acids is 1. The number of hydrogen-bond donors (Lipinski definition) is 6. The van der Waals surface area contributed by atoms with E-state index < -0.39 is 42.8 Å². The molecule has 0 fully saturated rings. The molecule has 174 valence electrons. The number of nitrogens with two attached hydrogens (primary N) is 1. The highest BCUT2D eigenvalue weighted by Crippen LogP contribution is 2.31. The second-order valence-corrected chi connectivity index (χ2v) is 7.10. The quantitative estimate of drug-likeness (QED) is 0.249. The number of halogens is 3. The maximum Gasteiger partial charge on any atom is 0.433 e. The van der Waals surface area contributed by atoms with E-state index in [4.69, 9.17) is 15.9 Å². The lowest BCUT2D eigenvalue weighted by Crippen LogP contribution is -2.61. The van der Waals surface area contributed by atoms with Gasteiger partial charge in [0.1, 0.15) is 24.3 Å². The lowest BCUT2D eigenvalue weighted by molar-refractivity contribution is -0.142. The van der Waals surface area contributed by atoms with Crippen LogP contribution in [-0.4, -0.2) is 52.2 Å². The SMILES string of the molecule is CN/C(C(=O)NC(C)(CO)C(N)O)=C1/C=C(OCc2cccnc2C(F)(F)F)C=CC1=N. The van der Waals surface area contributed by atoms with Gasteiger partial charge in [0.25, 0.3) is 5.91 Å². The molecule has 0 aromatic carbocycles. The van der Waals surface area contributed by atoms with Gasteiger partial charge in [0, 0.05) is 24.4 Å². The zero-order valence-electron chi connectivity index (χ0n) is 17.3. The molecule has 0 radical (unpaired) electrons. The van der Waals surface area contributed by atoms with Gasteiger partial charge in [0.05, 0.1) is 17.9 Å². The van der Waals surface area contributed by atoms with Crippen molar-refractivity contribution in [3.05, 3.63) is 64.8 Å². The average molecular weight is 455 g/mol. The highest BCUT2D eigenvalue weighted by Gasteiger charge is 2.35. The molecule has 2 atom stereocenters. The summed E-state index contributed by atoms with van der Waals surface area (Å²) in [6.07, 6.45) is -1.18. The van der Waals surface area contributed by atoms with E-state index in [0.717, 1.165) is 6.20 Å². The maximum atomic E-state index is 13.1. The van der Waals surface area contributed by atoms with Crippen molar-refractivity contribution in [2.45, 2.75) is 31.5 Å². The van der Waals surface area contributed by atoms with E-state index in [2.05, 4.69) is 15.6 Å². The Bertz CT molecular complexity index is 972. The van der Waals surface area contributed by atoms with Crippen molar-refractivity contribution in [3.63, 3.8) is 0 Å². The smallest absolute Gasteiger partial charge is 0.433 e. The lowest BCUT2D eigenvalue weighted by atomic mass is 9.98. The van der Waals surface area contributed by atoms with Crippen LogP contribution in [-0.2, 0) is 22.3 Å². The van der Waals surface area contributed by atoms with Crippen molar-refractivity contribution >= 4 is 11.6 Å². The predicted molar refractivity (Wildman–Crippen MR) is 109 cm³/mol. The van der Waals surface area contributed by atoms with E-state index >= 15 is 0 Å². The third-order valence-corrected chi connectivity index (χ3v) is 4.67. The summed E-state index contributed by atoms with van der Waals surface area (Å²) in [6.45, 7) is 0.232. The number of carbonyl (C=O) groups is 1. The Morgan fingerprint density at radius 2 is 2.06 bits per heavy atom. The van der Waals surface area contributed by atoms with Gasteiger partial charge in [0.15, 0.2) is 5.69 Å². The lowest BCUT2D eigenvalue weighted by Gasteiger charge is -2.32. The highest BCUT2D eigenvalue weighted by molar-refractivity contribution is 6.14. The van der Waals surface area contributed by atoms with Crippen LogP contribution in [0, 0.1) is 5.41 Å². The summed E-state index contributed by atoms with van der Waals surface area (Å²) in [6, 6.07) is 2.59. The summed E-state index contributed by atoms with van der Waals surface area (Å²) in [5, 5.41) is 32.2. The third kappa shape index (κ3) is 5.72. The molecule has 32 heavy (non-hydrogen) atoms. The Kier molecular flexibility index (Phi) is 7.78. The number of nitrogens with one attached hydrogen (secondary N) is 3. The highest BCUT2D eigenvalue weighted by atomic mass is 19.4. The molecule has 1 amide bonds. The van der Waals surface area contributed by atoms with Gasteiger partial charge in [0.2, 0.25) is 0 Å². The van der Waals surface area contributed by atoms with Gasteiger partial charge in [-0.1, -0.05) is 6.07 Å². The molecule has 1 aromatic heterocycles. The normalized spacial score (nSPS) is 18.4. The molecule has 0 saturated carbocycles. The minimum Gasteiger partial charge on any atom is -0.489 e. The van der Waals surface area contributed by atoms with E-state index in [-0.39, 0.29) is 28.3 Å². The molecule has 0 bridgehead atoms. The number of hydrogen-bond acceptors (Lipinski definition) is 8. The van der Waals surface area contributed by atoms with Crippen molar-refractivity contribution in [2.75, 3.05) is 13.7 Å². The van der Waals surface area contributed by atoms with Crippen molar-refractivity contribution < 1.29 is 32.9 Å². The van der Waals surface area contributed by atoms with Crippen LogP contribution in [0.5, 0.6) is 0 Å². The molecule has 1 heterocycles. The number of ether oxygens (including phenoxy) is 1. The van der Waals surface area contributed by atoms with Gasteiger partial charge < -0.3 is 36.7 Å². The maximum absolute atomic E-state index is 13.1. The van der Waals surface area contributed by atoms with Crippen molar-refractivity contribution in [1.82, 2.24) is 15.6 Å². The molecule has 2 rings (SSSR count). The monoisotopic (exact) mass is 455 g/mol. The standard InChI is InChI=1S/C20H24F3N5O4/c1-19(10-29,18(25)31)28-17(30)15(26-2)13-8-12(5-6-14(13)24)32-9-11-4-3-7-27-16(11)20(21,22)23/h3-8,18,24,26,29,31H,9-10,25H2,1-2H3,(H,28,30)/b15-13-,24-14?. The first-order valence-corrected chi connectivity index (χ1v) is 9.34. The van der Waals surface area contributed by atoms with Crippen LogP contribution in [0.2, 0.25) is 0 Å². The average Bonchev–Trinajstić information content (AvgIpc) is 2.73. The molecule has 0 aliphatic heterocycles. The van der Waals surface area contributed by atoms with Crippen LogP contribution < -0.4 is 16.4 Å². The number of alkyl halides is 3. The number of aliphatic hydroxyl groups is 2. The molecule has 0 saturated heterocycles. The van der Waals surface area contributed by atoms with Gasteiger partial charge in [-0.3, -0.25) is 9.78 Å². The largest absolute Gasteiger partial charge is 0.489 e. The second kappa shape index (κ2) is 9.94. The Hall–Kier alpha value is -3.22. The van der Waals surface area contributed by atoms with E-state index in [1.54, 1.807) is 0 Å². The summed E-state index contributed by atoms with van der Waals surface area (Å²) in [5.74, 6) is -0.664. The van der Waals surface area contributed by atoms with Crippen molar-refractivity contribution in [3.8, 4) is 0 Å². The van der Waals surface area contributed by atoms with Gasteiger partial charge >= 0.3 is 6.18 Å². The fraction of sp³-hybridized carbons (Fsp3) is 0.350. The predicted octanol–water partition coefficient (Wildman–Crippen LogP) is 0.708. The van der Waals surface area contributed by atoms with Crippen molar-refractivity contribution in [1.29, 1.82) is 5.41 Å². The van der Waals surface area contributed by atoms with Gasteiger partial charge in [-0.15, -0.1) is 0 Å². The fourth-order valence-corrected chi connectivity index (χ4v) is 2.69. The zero-order valence-corrected chi connectivity index (χ0v) is 17.3.